The summed E-state index contributed by atoms with van der Waals surface area (Å²) in [4.78, 5) is 6.46. The second-order valence-electron chi connectivity index (χ2n) is 4.28. The first-order valence-corrected chi connectivity index (χ1v) is 5.63. The number of nitrogens with two attached hydrogens (primary N) is 1. The van der Waals surface area contributed by atoms with Crippen molar-refractivity contribution in [1.82, 2.24) is 4.98 Å². The van der Waals surface area contributed by atoms with Crippen molar-refractivity contribution in [1.29, 1.82) is 0 Å². The van der Waals surface area contributed by atoms with Crippen LogP contribution in [0, 0.1) is 6.92 Å². The molecule has 1 aromatic heterocycles. The van der Waals surface area contributed by atoms with Crippen LogP contribution in [-0.2, 0) is 6.54 Å². The molecule has 3 nitrogen and oxygen atoms in total. The summed E-state index contributed by atoms with van der Waals surface area (Å²) in [5.74, 6) is 0. The van der Waals surface area contributed by atoms with Crippen molar-refractivity contribution >= 4 is 11.4 Å². The van der Waals surface area contributed by atoms with Gasteiger partial charge in [0, 0.05) is 24.6 Å². The smallest absolute Gasteiger partial charge is 0.0598 e. The SMILES string of the molecule is Cc1cc(N)cc(N(C)Cc2ccccn2)c1. The Morgan fingerprint density at radius 2 is 2.06 bits per heavy atom. The number of benzene rings is 1. The van der Waals surface area contributed by atoms with Crippen molar-refractivity contribution in [2.24, 2.45) is 0 Å². The van der Waals surface area contributed by atoms with Gasteiger partial charge < -0.3 is 10.6 Å². The number of hydrogen-bond donors (Lipinski definition) is 1. The van der Waals surface area contributed by atoms with Crippen LogP contribution in [0.4, 0.5) is 11.4 Å². The third-order valence-electron chi connectivity index (χ3n) is 2.65. The van der Waals surface area contributed by atoms with E-state index in [2.05, 4.69) is 22.9 Å². The molecule has 0 aliphatic carbocycles. The Balaban J connectivity index is 2.17. The molecule has 0 radical (unpaired) electrons. The van der Waals surface area contributed by atoms with E-state index in [1.165, 1.54) is 5.56 Å². The predicted molar refractivity (Wildman–Crippen MR) is 71.9 cm³/mol. The molecule has 0 unspecified atom stereocenters. The van der Waals surface area contributed by atoms with Gasteiger partial charge in [0.05, 0.1) is 12.2 Å². The van der Waals surface area contributed by atoms with Crippen molar-refractivity contribution in [2.75, 3.05) is 17.7 Å². The number of nitrogens with zero attached hydrogens (tertiary/aromatic N) is 2. The van der Waals surface area contributed by atoms with Gasteiger partial charge in [0.15, 0.2) is 0 Å². The van der Waals surface area contributed by atoms with Gasteiger partial charge in [-0.25, -0.2) is 0 Å². The minimum atomic E-state index is 0.781. The van der Waals surface area contributed by atoms with Crippen molar-refractivity contribution < 1.29 is 0 Å². The third kappa shape index (κ3) is 2.97. The Morgan fingerprint density at radius 3 is 2.71 bits per heavy atom. The molecule has 17 heavy (non-hydrogen) atoms. The molecule has 3 heteroatoms. The summed E-state index contributed by atoms with van der Waals surface area (Å²) in [6.07, 6.45) is 1.81. The van der Waals surface area contributed by atoms with Crippen molar-refractivity contribution in [3.63, 3.8) is 0 Å². The van der Waals surface area contributed by atoms with Crippen LogP contribution in [0.3, 0.4) is 0 Å². The predicted octanol–water partition coefficient (Wildman–Crippen LogP) is 2.61. The van der Waals surface area contributed by atoms with Gasteiger partial charge in [0.25, 0.3) is 0 Å². The number of aromatic nitrogens is 1. The van der Waals surface area contributed by atoms with Crippen LogP contribution < -0.4 is 10.6 Å². The number of rotatable bonds is 3. The maximum absolute atomic E-state index is 5.85. The lowest BCUT2D eigenvalue weighted by Crippen LogP contribution is -2.17. The van der Waals surface area contributed by atoms with Crippen molar-refractivity contribution in [3.05, 3.63) is 53.9 Å². The van der Waals surface area contributed by atoms with Gasteiger partial charge in [-0.1, -0.05) is 6.07 Å². The summed E-state index contributed by atoms with van der Waals surface area (Å²) in [5.41, 5.74) is 9.99. The van der Waals surface area contributed by atoms with Crippen LogP contribution in [0.2, 0.25) is 0 Å². The first-order chi connectivity index (χ1) is 8.15. The van der Waals surface area contributed by atoms with Crippen LogP contribution in [0.5, 0.6) is 0 Å². The lowest BCUT2D eigenvalue weighted by molar-refractivity contribution is 0.884. The van der Waals surface area contributed by atoms with Gasteiger partial charge >= 0.3 is 0 Å². The first-order valence-electron chi connectivity index (χ1n) is 5.63. The van der Waals surface area contributed by atoms with Gasteiger partial charge in [-0.2, -0.15) is 0 Å². The molecule has 0 fully saturated rings. The summed E-state index contributed by atoms with van der Waals surface area (Å²) in [6, 6.07) is 12.0. The lowest BCUT2D eigenvalue weighted by atomic mass is 10.2. The van der Waals surface area contributed by atoms with Gasteiger partial charge in [-0.05, 0) is 42.8 Å². The van der Waals surface area contributed by atoms with Gasteiger partial charge in [0.1, 0.15) is 0 Å². The zero-order valence-corrected chi connectivity index (χ0v) is 10.2. The van der Waals surface area contributed by atoms with E-state index in [0.717, 1.165) is 23.6 Å². The first kappa shape index (κ1) is 11.5. The molecule has 0 saturated carbocycles. The minimum Gasteiger partial charge on any atom is -0.399 e. The van der Waals surface area contributed by atoms with Crippen LogP contribution in [0.1, 0.15) is 11.3 Å². The van der Waals surface area contributed by atoms with E-state index < -0.39 is 0 Å². The highest BCUT2D eigenvalue weighted by atomic mass is 15.1. The van der Waals surface area contributed by atoms with Crippen LogP contribution in [0.15, 0.2) is 42.6 Å². The summed E-state index contributed by atoms with van der Waals surface area (Å²) in [5, 5.41) is 0. The Hall–Kier alpha value is -2.03. The largest absolute Gasteiger partial charge is 0.399 e. The molecule has 0 atom stereocenters. The van der Waals surface area contributed by atoms with E-state index in [4.69, 9.17) is 5.73 Å². The quantitative estimate of drug-likeness (QED) is 0.819. The number of hydrogen-bond acceptors (Lipinski definition) is 3. The molecule has 0 amide bonds. The van der Waals surface area contributed by atoms with Gasteiger partial charge in [0.2, 0.25) is 0 Å². The molecule has 0 saturated heterocycles. The standard InChI is InChI=1S/C14H17N3/c1-11-7-12(15)9-14(8-11)17(2)10-13-5-3-4-6-16-13/h3-9H,10,15H2,1-2H3. The average molecular weight is 227 g/mol. The summed E-state index contributed by atoms with van der Waals surface area (Å²) >= 11 is 0. The lowest BCUT2D eigenvalue weighted by Gasteiger charge is -2.19. The maximum atomic E-state index is 5.85. The summed E-state index contributed by atoms with van der Waals surface area (Å²) in [7, 11) is 2.04. The Kier molecular flexibility index (Phi) is 3.28. The van der Waals surface area contributed by atoms with E-state index in [1.54, 1.807) is 0 Å². The third-order valence-corrected chi connectivity index (χ3v) is 2.65. The van der Waals surface area contributed by atoms with E-state index >= 15 is 0 Å². The molecule has 1 aromatic carbocycles. The summed E-state index contributed by atoms with van der Waals surface area (Å²) in [6.45, 7) is 2.83. The Morgan fingerprint density at radius 1 is 1.24 bits per heavy atom. The Bertz CT molecular complexity index is 474. The molecule has 2 N–H and O–H groups in total. The highest BCUT2D eigenvalue weighted by Crippen LogP contribution is 2.20. The highest BCUT2D eigenvalue weighted by molar-refractivity contribution is 5.58. The Labute approximate surface area is 102 Å². The summed E-state index contributed by atoms with van der Waals surface area (Å²) < 4.78 is 0. The van der Waals surface area contributed by atoms with E-state index in [0.29, 0.717) is 0 Å². The number of pyridine rings is 1. The molecule has 2 aromatic rings. The molecule has 1 heterocycles. The normalized spacial score (nSPS) is 10.2. The fourth-order valence-electron chi connectivity index (χ4n) is 1.84. The topological polar surface area (TPSA) is 42.1 Å². The molecule has 88 valence electrons. The zero-order valence-electron chi connectivity index (χ0n) is 10.2. The fraction of sp³-hybridized carbons (Fsp3) is 0.214. The molecule has 0 spiro atoms. The molecule has 0 aliphatic rings. The monoisotopic (exact) mass is 227 g/mol. The van der Waals surface area contributed by atoms with E-state index in [1.807, 2.05) is 43.6 Å². The molecule has 0 aliphatic heterocycles. The molecule has 2 rings (SSSR count). The van der Waals surface area contributed by atoms with Crippen LogP contribution >= 0.6 is 0 Å². The fourth-order valence-corrected chi connectivity index (χ4v) is 1.84. The molecular weight excluding hydrogens is 210 g/mol. The average Bonchev–Trinajstić information content (AvgIpc) is 2.29. The number of anilines is 2. The minimum absolute atomic E-state index is 0.781. The van der Waals surface area contributed by atoms with E-state index in [-0.39, 0.29) is 0 Å². The highest BCUT2D eigenvalue weighted by Gasteiger charge is 2.04. The van der Waals surface area contributed by atoms with E-state index in [9.17, 15) is 0 Å². The van der Waals surface area contributed by atoms with Gasteiger partial charge in [-0.3, -0.25) is 4.98 Å². The number of nitrogen functional groups attached to an aromatic ring is 1. The van der Waals surface area contributed by atoms with Crippen LogP contribution in [0.25, 0.3) is 0 Å². The van der Waals surface area contributed by atoms with Gasteiger partial charge in [-0.15, -0.1) is 0 Å². The van der Waals surface area contributed by atoms with Crippen molar-refractivity contribution in [3.8, 4) is 0 Å². The number of aryl methyl sites for hydroxylation is 1. The second-order valence-corrected chi connectivity index (χ2v) is 4.28. The molecule has 0 bridgehead atoms. The maximum Gasteiger partial charge on any atom is 0.0598 e. The zero-order chi connectivity index (χ0) is 12.3. The van der Waals surface area contributed by atoms with Crippen LogP contribution in [-0.4, -0.2) is 12.0 Å². The second kappa shape index (κ2) is 4.87. The van der Waals surface area contributed by atoms with Crippen molar-refractivity contribution in [2.45, 2.75) is 13.5 Å². The molecular formula is C14H17N3.